The summed E-state index contributed by atoms with van der Waals surface area (Å²) in [5.74, 6) is 0.247. The molecule has 6 heteroatoms. The van der Waals surface area contributed by atoms with E-state index in [-0.39, 0.29) is 17.9 Å². The highest BCUT2D eigenvalue weighted by Crippen LogP contribution is 2.30. The quantitative estimate of drug-likeness (QED) is 0.814. The first kappa shape index (κ1) is 14.1. The molecule has 0 amide bonds. The molecule has 1 saturated carbocycles. The molecule has 2 rings (SSSR count). The van der Waals surface area contributed by atoms with E-state index in [1.807, 2.05) is 0 Å². The van der Waals surface area contributed by atoms with Gasteiger partial charge in [0.25, 0.3) is 0 Å². The molecule has 1 aromatic rings. The van der Waals surface area contributed by atoms with Gasteiger partial charge in [-0.2, -0.15) is 13.2 Å². The van der Waals surface area contributed by atoms with Crippen molar-refractivity contribution < 1.29 is 13.2 Å². The first-order valence-electron chi connectivity index (χ1n) is 6.52. The highest BCUT2D eigenvalue weighted by atomic mass is 19.4. The summed E-state index contributed by atoms with van der Waals surface area (Å²) in [5, 5.41) is 3.05. The molecular weight excluding hydrogens is 255 g/mol. The summed E-state index contributed by atoms with van der Waals surface area (Å²) in [4.78, 5) is 3.95. The van der Waals surface area contributed by atoms with Gasteiger partial charge in [0.05, 0.1) is 5.56 Å². The van der Waals surface area contributed by atoms with E-state index in [9.17, 15) is 13.2 Å². The van der Waals surface area contributed by atoms with Gasteiger partial charge in [-0.1, -0.05) is 19.3 Å². The van der Waals surface area contributed by atoms with Crippen molar-refractivity contribution in [2.75, 3.05) is 5.32 Å². The molecule has 2 atom stereocenters. The van der Waals surface area contributed by atoms with Gasteiger partial charge in [-0.15, -0.1) is 0 Å². The van der Waals surface area contributed by atoms with Gasteiger partial charge >= 0.3 is 6.18 Å². The van der Waals surface area contributed by atoms with Crippen LogP contribution < -0.4 is 11.1 Å². The first-order valence-corrected chi connectivity index (χ1v) is 6.52. The molecule has 0 spiro atoms. The molecule has 0 aromatic carbocycles. The van der Waals surface area contributed by atoms with Crippen molar-refractivity contribution in [3.8, 4) is 0 Å². The van der Waals surface area contributed by atoms with Gasteiger partial charge < -0.3 is 11.1 Å². The molecule has 0 aliphatic heterocycles. The summed E-state index contributed by atoms with van der Waals surface area (Å²) >= 11 is 0. The molecule has 1 fully saturated rings. The maximum absolute atomic E-state index is 12.6. The van der Waals surface area contributed by atoms with E-state index >= 15 is 0 Å². The Balaban J connectivity index is 2.09. The van der Waals surface area contributed by atoms with Crippen molar-refractivity contribution in [3.63, 3.8) is 0 Å². The largest absolute Gasteiger partial charge is 0.416 e. The van der Waals surface area contributed by atoms with Gasteiger partial charge in [0, 0.05) is 18.3 Å². The number of rotatable bonds is 2. The zero-order valence-corrected chi connectivity index (χ0v) is 10.6. The van der Waals surface area contributed by atoms with Gasteiger partial charge in [-0.3, -0.25) is 0 Å². The molecule has 3 nitrogen and oxygen atoms in total. The van der Waals surface area contributed by atoms with Crippen LogP contribution in [0.3, 0.4) is 0 Å². The number of nitrogens with one attached hydrogen (secondary N) is 1. The Labute approximate surface area is 110 Å². The topological polar surface area (TPSA) is 50.9 Å². The maximum atomic E-state index is 12.6. The molecule has 0 radical (unpaired) electrons. The second-order valence-electron chi connectivity index (χ2n) is 4.98. The van der Waals surface area contributed by atoms with Crippen molar-refractivity contribution in [1.29, 1.82) is 0 Å². The van der Waals surface area contributed by atoms with Gasteiger partial charge in [0.2, 0.25) is 0 Å². The maximum Gasteiger partial charge on any atom is 0.416 e. The number of pyridine rings is 1. The van der Waals surface area contributed by atoms with E-state index in [1.54, 1.807) is 0 Å². The van der Waals surface area contributed by atoms with Gasteiger partial charge in [-0.25, -0.2) is 4.98 Å². The Hall–Kier alpha value is -1.30. The summed E-state index contributed by atoms with van der Waals surface area (Å²) in [5.41, 5.74) is 5.35. The third kappa shape index (κ3) is 3.83. The molecule has 3 N–H and O–H groups in total. The van der Waals surface area contributed by atoms with Crippen LogP contribution in [0, 0.1) is 0 Å². The minimum absolute atomic E-state index is 0.00140. The van der Waals surface area contributed by atoms with Crippen molar-refractivity contribution in [2.24, 2.45) is 5.73 Å². The molecule has 0 bridgehead atoms. The first-order chi connectivity index (χ1) is 8.97. The number of nitrogens with zero attached hydrogens (tertiary/aromatic N) is 1. The van der Waals surface area contributed by atoms with Crippen molar-refractivity contribution in [1.82, 2.24) is 4.98 Å². The molecule has 1 aromatic heterocycles. The normalized spacial score (nSPS) is 24.8. The minimum atomic E-state index is -4.34. The lowest BCUT2D eigenvalue weighted by atomic mass is 10.0. The molecule has 2 unspecified atom stereocenters. The minimum Gasteiger partial charge on any atom is -0.366 e. The van der Waals surface area contributed by atoms with E-state index in [2.05, 4.69) is 10.3 Å². The monoisotopic (exact) mass is 273 g/mol. The zero-order chi connectivity index (χ0) is 13.9. The molecule has 0 saturated heterocycles. The van der Waals surface area contributed by atoms with E-state index in [1.165, 1.54) is 6.20 Å². The Kier molecular flexibility index (Phi) is 4.29. The number of nitrogens with two attached hydrogens (primary N) is 1. The predicted molar refractivity (Wildman–Crippen MR) is 67.7 cm³/mol. The van der Waals surface area contributed by atoms with Crippen LogP contribution in [-0.4, -0.2) is 17.1 Å². The second kappa shape index (κ2) is 5.77. The van der Waals surface area contributed by atoms with Crippen molar-refractivity contribution >= 4 is 5.82 Å². The van der Waals surface area contributed by atoms with Crippen LogP contribution in [0.4, 0.5) is 19.0 Å². The predicted octanol–water partition coefficient (Wildman–Crippen LogP) is 3.17. The van der Waals surface area contributed by atoms with Crippen LogP contribution in [-0.2, 0) is 6.18 Å². The number of hydrogen-bond donors (Lipinski definition) is 2. The summed E-state index contributed by atoms with van der Waals surface area (Å²) < 4.78 is 37.8. The van der Waals surface area contributed by atoms with Gasteiger partial charge in [0.15, 0.2) is 0 Å². The van der Waals surface area contributed by atoms with E-state index in [0.717, 1.165) is 44.2 Å². The highest BCUT2D eigenvalue weighted by molar-refractivity contribution is 5.40. The fourth-order valence-corrected chi connectivity index (χ4v) is 2.39. The summed E-state index contributed by atoms with van der Waals surface area (Å²) in [6.07, 6.45) is 1.86. The lowest BCUT2D eigenvalue weighted by Gasteiger charge is -2.23. The van der Waals surface area contributed by atoms with Crippen LogP contribution in [0.25, 0.3) is 0 Å². The number of alkyl halides is 3. The van der Waals surface area contributed by atoms with E-state index in [0.29, 0.717) is 0 Å². The van der Waals surface area contributed by atoms with Crippen LogP contribution in [0.1, 0.15) is 37.7 Å². The Bertz CT molecular complexity index is 420. The Morgan fingerprint density at radius 3 is 2.68 bits per heavy atom. The van der Waals surface area contributed by atoms with E-state index < -0.39 is 11.7 Å². The second-order valence-corrected chi connectivity index (χ2v) is 4.98. The molecule has 1 aliphatic rings. The van der Waals surface area contributed by atoms with Gasteiger partial charge in [-0.05, 0) is 25.0 Å². The molecule has 19 heavy (non-hydrogen) atoms. The van der Waals surface area contributed by atoms with Crippen LogP contribution in [0.15, 0.2) is 18.3 Å². The van der Waals surface area contributed by atoms with Crippen LogP contribution in [0.5, 0.6) is 0 Å². The Morgan fingerprint density at radius 2 is 1.95 bits per heavy atom. The number of aromatic nitrogens is 1. The van der Waals surface area contributed by atoms with Crippen molar-refractivity contribution in [2.45, 2.75) is 50.4 Å². The number of halogens is 3. The third-order valence-electron chi connectivity index (χ3n) is 3.49. The number of anilines is 1. The average Bonchev–Trinajstić information content (AvgIpc) is 2.54. The van der Waals surface area contributed by atoms with Crippen molar-refractivity contribution in [3.05, 3.63) is 23.9 Å². The Morgan fingerprint density at radius 1 is 1.21 bits per heavy atom. The summed E-state index contributed by atoms with van der Waals surface area (Å²) in [7, 11) is 0. The van der Waals surface area contributed by atoms with Gasteiger partial charge in [0.1, 0.15) is 5.82 Å². The molecule has 1 heterocycles. The fraction of sp³-hybridized carbons (Fsp3) is 0.615. The average molecular weight is 273 g/mol. The standard InChI is InChI=1S/C13H18F3N3/c14-13(15,16)9-6-7-18-12(8-9)19-11-5-3-1-2-4-10(11)17/h6-8,10-11H,1-5,17H2,(H,18,19). The smallest absolute Gasteiger partial charge is 0.366 e. The van der Waals surface area contributed by atoms with Crippen LogP contribution >= 0.6 is 0 Å². The van der Waals surface area contributed by atoms with Crippen LogP contribution in [0.2, 0.25) is 0 Å². The fourth-order valence-electron chi connectivity index (χ4n) is 2.39. The lowest BCUT2D eigenvalue weighted by Crippen LogP contribution is -2.39. The molecular formula is C13H18F3N3. The zero-order valence-electron chi connectivity index (χ0n) is 10.6. The molecule has 1 aliphatic carbocycles. The number of hydrogen-bond acceptors (Lipinski definition) is 3. The summed E-state index contributed by atoms with van der Waals surface area (Å²) in [6, 6.07) is 1.98. The summed E-state index contributed by atoms with van der Waals surface area (Å²) in [6.45, 7) is 0. The third-order valence-corrected chi connectivity index (χ3v) is 3.49. The highest BCUT2D eigenvalue weighted by Gasteiger charge is 2.31. The SMILES string of the molecule is NC1CCCCCC1Nc1cc(C(F)(F)F)ccn1. The molecule has 106 valence electrons. The van der Waals surface area contributed by atoms with E-state index in [4.69, 9.17) is 5.73 Å². The lowest BCUT2D eigenvalue weighted by molar-refractivity contribution is -0.137.